The van der Waals surface area contributed by atoms with E-state index in [1.807, 2.05) is 12.1 Å². The molecule has 1 aliphatic rings. The Morgan fingerprint density at radius 3 is 2.39 bits per heavy atom. The number of sulfonamides is 1. The molecule has 2 aromatic carbocycles. The van der Waals surface area contributed by atoms with Crippen LogP contribution < -0.4 is 14.4 Å². The molecule has 0 bridgehead atoms. The molecule has 1 fully saturated rings. The SMILES string of the molecule is COc1ccccc1N(CCCC(=O)NCc1ccccc1CN1CCCCC1)S(C)(=O)=O. The van der Waals surface area contributed by atoms with Gasteiger partial charge in [-0.3, -0.25) is 14.0 Å². The molecule has 0 radical (unpaired) electrons. The number of anilines is 1. The van der Waals surface area contributed by atoms with Gasteiger partial charge in [-0.25, -0.2) is 8.42 Å². The Morgan fingerprint density at radius 1 is 1.03 bits per heavy atom. The van der Waals surface area contributed by atoms with Crippen molar-refractivity contribution >= 4 is 21.6 Å². The molecule has 2 aromatic rings. The summed E-state index contributed by atoms with van der Waals surface area (Å²) in [6.07, 6.45) is 5.62. The minimum atomic E-state index is -3.51. The van der Waals surface area contributed by atoms with E-state index in [2.05, 4.69) is 22.3 Å². The number of methoxy groups -OCH3 is 1. The predicted molar refractivity (Wildman–Crippen MR) is 132 cm³/mol. The zero-order chi connectivity index (χ0) is 23.7. The standard InChI is InChI=1S/C25H35N3O4S/c1-32-24-14-7-6-13-23(24)28(33(2,30)31)18-10-15-25(29)26-19-21-11-4-5-12-22(21)20-27-16-8-3-9-17-27/h4-7,11-14H,3,8-10,15-20H2,1-2H3,(H,26,29). The van der Waals surface area contributed by atoms with Gasteiger partial charge in [0, 0.05) is 26.1 Å². The predicted octanol–water partition coefficient (Wildman–Crippen LogP) is 3.54. The van der Waals surface area contributed by atoms with Crippen molar-refractivity contribution in [1.82, 2.24) is 10.2 Å². The number of hydrogen-bond acceptors (Lipinski definition) is 5. The smallest absolute Gasteiger partial charge is 0.232 e. The molecule has 0 atom stereocenters. The second-order valence-electron chi connectivity index (χ2n) is 8.49. The lowest BCUT2D eigenvalue weighted by Crippen LogP contribution is -2.32. The highest BCUT2D eigenvalue weighted by Gasteiger charge is 2.21. The van der Waals surface area contributed by atoms with Gasteiger partial charge in [-0.1, -0.05) is 42.8 Å². The highest BCUT2D eigenvalue weighted by atomic mass is 32.2. The Labute approximate surface area is 197 Å². The maximum atomic E-state index is 12.5. The maximum absolute atomic E-state index is 12.5. The van der Waals surface area contributed by atoms with Crippen LogP contribution in [-0.2, 0) is 27.9 Å². The van der Waals surface area contributed by atoms with Gasteiger partial charge in [0.05, 0.1) is 19.1 Å². The van der Waals surface area contributed by atoms with Crippen LogP contribution in [0.5, 0.6) is 5.75 Å². The van der Waals surface area contributed by atoms with Crippen LogP contribution in [0.15, 0.2) is 48.5 Å². The third kappa shape index (κ3) is 7.47. The van der Waals surface area contributed by atoms with E-state index in [4.69, 9.17) is 4.74 Å². The molecule has 1 heterocycles. The number of hydrogen-bond donors (Lipinski definition) is 1. The highest BCUT2D eigenvalue weighted by molar-refractivity contribution is 7.92. The molecular weight excluding hydrogens is 438 g/mol. The molecule has 1 aliphatic heterocycles. The molecule has 180 valence electrons. The maximum Gasteiger partial charge on any atom is 0.232 e. The molecule has 0 saturated carbocycles. The number of likely N-dealkylation sites (tertiary alicyclic amines) is 1. The number of amides is 1. The molecule has 1 saturated heterocycles. The summed E-state index contributed by atoms with van der Waals surface area (Å²) in [6, 6.07) is 15.2. The van der Waals surface area contributed by atoms with Crippen LogP contribution in [0, 0.1) is 0 Å². The summed E-state index contributed by atoms with van der Waals surface area (Å²) < 4.78 is 31.3. The molecule has 7 nitrogen and oxygen atoms in total. The fourth-order valence-electron chi connectivity index (χ4n) is 4.21. The number of ether oxygens (including phenoxy) is 1. The van der Waals surface area contributed by atoms with Gasteiger partial charge in [0.15, 0.2) is 0 Å². The first kappa shape index (κ1) is 25.1. The van der Waals surface area contributed by atoms with Gasteiger partial charge in [-0.15, -0.1) is 0 Å². The summed E-state index contributed by atoms with van der Waals surface area (Å²) in [5.74, 6) is 0.397. The van der Waals surface area contributed by atoms with Gasteiger partial charge in [0.1, 0.15) is 5.75 Å². The molecular formula is C25H35N3O4S. The molecule has 0 aliphatic carbocycles. The number of carbonyl (C=O) groups is 1. The molecule has 0 spiro atoms. The minimum Gasteiger partial charge on any atom is -0.495 e. The van der Waals surface area contributed by atoms with E-state index in [0.717, 1.165) is 25.2 Å². The number of rotatable bonds is 11. The number of nitrogens with one attached hydrogen (secondary N) is 1. The molecule has 0 unspecified atom stereocenters. The van der Waals surface area contributed by atoms with E-state index in [0.29, 0.717) is 24.4 Å². The van der Waals surface area contributed by atoms with Crippen LogP contribution in [0.3, 0.4) is 0 Å². The lowest BCUT2D eigenvalue weighted by molar-refractivity contribution is -0.121. The van der Waals surface area contributed by atoms with Crippen molar-refractivity contribution in [3.63, 3.8) is 0 Å². The van der Waals surface area contributed by atoms with Gasteiger partial charge in [-0.2, -0.15) is 0 Å². The summed E-state index contributed by atoms with van der Waals surface area (Å²) in [7, 11) is -2.00. The summed E-state index contributed by atoms with van der Waals surface area (Å²) in [4.78, 5) is 15.0. The van der Waals surface area contributed by atoms with Crippen molar-refractivity contribution in [2.75, 3.05) is 37.3 Å². The molecule has 1 amide bonds. The Bertz CT molecular complexity index is 1020. The molecule has 33 heavy (non-hydrogen) atoms. The summed E-state index contributed by atoms with van der Waals surface area (Å²) in [5.41, 5.74) is 2.86. The van der Waals surface area contributed by atoms with Crippen LogP contribution in [-0.4, -0.2) is 52.2 Å². The first-order chi connectivity index (χ1) is 15.9. The topological polar surface area (TPSA) is 79.0 Å². The van der Waals surface area contributed by atoms with Crippen LogP contribution in [0.25, 0.3) is 0 Å². The Balaban J connectivity index is 1.53. The van der Waals surface area contributed by atoms with E-state index in [9.17, 15) is 13.2 Å². The number of para-hydroxylation sites is 2. The number of nitrogens with zero attached hydrogens (tertiary/aromatic N) is 2. The third-order valence-corrected chi connectivity index (χ3v) is 7.14. The van der Waals surface area contributed by atoms with E-state index >= 15 is 0 Å². The third-order valence-electron chi connectivity index (χ3n) is 5.96. The first-order valence-electron chi connectivity index (χ1n) is 11.5. The quantitative estimate of drug-likeness (QED) is 0.540. The number of benzene rings is 2. The van der Waals surface area contributed by atoms with Gasteiger partial charge < -0.3 is 10.1 Å². The fraction of sp³-hybridized carbons (Fsp3) is 0.480. The van der Waals surface area contributed by atoms with Crippen molar-refractivity contribution in [2.24, 2.45) is 0 Å². The van der Waals surface area contributed by atoms with E-state index in [-0.39, 0.29) is 18.9 Å². The number of piperidine rings is 1. The summed E-state index contributed by atoms with van der Waals surface area (Å²) in [5, 5.41) is 3.00. The van der Waals surface area contributed by atoms with Crippen molar-refractivity contribution in [3.8, 4) is 5.75 Å². The average molecular weight is 474 g/mol. The lowest BCUT2D eigenvalue weighted by atomic mass is 10.0. The highest BCUT2D eigenvalue weighted by Crippen LogP contribution is 2.29. The van der Waals surface area contributed by atoms with Gasteiger partial charge in [0.25, 0.3) is 0 Å². The zero-order valence-corrected chi connectivity index (χ0v) is 20.4. The summed E-state index contributed by atoms with van der Waals surface area (Å²) >= 11 is 0. The Hall–Kier alpha value is -2.58. The monoisotopic (exact) mass is 473 g/mol. The Kier molecular flexibility index (Phi) is 9.14. The fourth-order valence-corrected chi connectivity index (χ4v) is 5.18. The van der Waals surface area contributed by atoms with Gasteiger partial charge in [-0.05, 0) is 55.6 Å². The minimum absolute atomic E-state index is 0.0868. The van der Waals surface area contributed by atoms with Gasteiger partial charge >= 0.3 is 0 Å². The zero-order valence-electron chi connectivity index (χ0n) is 19.6. The molecule has 1 N–H and O–H groups in total. The normalized spacial score (nSPS) is 14.6. The number of carbonyl (C=O) groups excluding carboxylic acids is 1. The molecule has 8 heteroatoms. The average Bonchev–Trinajstić information content (AvgIpc) is 2.81. The second kappa shape index (κ2) is 12.0. The van der Waals surface area contributed by atoms with E-state index in [1.165, 1.54) is 42.5 Å². The van der Waals surface area contributed by atoms with Crippen molar-refractivity contribution in [3.05, 3.63) is 59.7 Å². The second-order valence-corrected chi connectivity index (χ2v) is 10.4. The van der Waals surface area contributed by atoms with Crippen LogP contribution in [0.4, 0.5) is 5.69 Å². The largest absolute Gasteiger partial charge is 0.495 e. The van der Waals surface area contributed by atoms with E-state index < -0.39 is 10.0 Å². The molecule has 0 aromatic heterocycles. The van der Waals surface area contributed by atoms with E-state index in [1.54, 1.807) is 24.3 Å². The van der Waals surface area contributed by atoms with Crippen LogP contribution in [0.2, 0.25) is 0 Å². The van der Waals surface area contributed by atoms with Crippen LogP contribution in [0.1, 0.15) is 43.2 Å². The Morgan fingerprint density at radius 2 is 1.70 bits per heavy atom. The van der Waals surface area contributed by atoms with Gasteiger partial charge in [0.2, 0.25) is 15.9 Å². The van der Waals surface area contributed by atoms with Crippen molar-refractivity contribution < 1.29 is 17.9 Å². The van der Waals surface area contributed by atoms with Crippen LogP contribution >= 0.6 is 0 Å². The summed E-state index contributed by atoms with van der Waals surface area (Å²) in [6.45, 7) is 3.85. The lowest BCUT2D eigenvalue weighted by Gasteiger charge is -2.27. The molecule has 3 rings (SSSR count). The van der Waals surface area contributed by atoms with Crippen molar-refractivity contribution in [2.45, 2.75) is 45.2 Å². The van der Waals surface area contributed by atoms with Crippen molar-refractivity contribution in [1.29, 1.82) is 0 Å². The first-order valence-corrected chi connectivity index (χ1v) is 13.4.